The minimum atomic E-state index is -1.12. The molecule has 2 rings (SSSR count). The first-order chi connectivity index (χ1) is 7.66. The van der Waals surface area contributed by atoms with Crippen LogP contribution in [-0.2, 0) is 6.54 Å². The largest absolute Gasteiger partial charge is 0.372 e. The number of halogens is 1. The highest BCUT2D eigenvalue weighted by molar-refractivity contribution is 6.19. The van der Waals surface area contributed by atoms with Crippen LogP contribution < -0.4 is 0 Å². The zero-order chi connectivity index (χ0) is 11.5. The van der Waals surface area contributed by atoms with Crippen LogP contribution in [0.2, 0.25) is 0 Å². The van der Waals surface area contributed by atoms with Crippen molar-refractivity contribution < 1.29 is 5.11 Å². The van der Waals surface area contributed by atoms with Gasteiger partial charge in [0.15, 0.2) is 11.4 Å². The van der Waals surface area contributed by atoms with Crippen molar-refractivity contribution in [1.29, 1.82) is 0 Å². The molecule has 0 bridgehead atoms. The van der Waals surface area contributed by atoms with Crippen molar-refractivity contribution in [2.24, 2.45) is 0 Å². The van der Waals surface area contributed by atoms with E-state index in [0.29, 0.717) is 18.1 Å². The standard InChI is InChI=1S/C9H10ClN5O/c1-6-12-14-15(13-6)5-7-3-2-4-11-8(7)9(10)16/h2-4,9,16H,5H2,1H3. The summed E-state index contributed by atoms with van der Waals surface area (Å²) >= 11 is 5.61. The number of alkyl halides is 1. The molecule has 16 heavy (non-hydrogen) atoms. The summed E-state index contributed by atoms with van der Waals surface area (Å²) in [6.45, 7) is 2.14. The molecule has 0 radical (unpaired) electrons. The average Bonchev–Trinajstić information content (AvgIpc) is 2.64. The Labute approximate surface area is 96.9 Å². The minimum Gasteiger partial charge on any atom is -0.372 e. The molecular weight excluding hydrogens is 230 g/mol. The zero-order valence-corrected chi connectivity index (χ0v) is 9.33. The van der Waals surface area contributed by atoms with E-state index in [4.69, 9.17) is 11.6 Å². The molecule has 7 heteroatoms. The molecular formula is C9H10ClN5O. The lowest BCUT2D eigenvalue weighted by Gasteiger charge is -2.07. The Bertz CT molecular complexity index is 484. The first kappa shape index (κ1) is 11.0. The highest BCUT2D eigenvalue weighted by atomic mass is 35.5. The minimum absolute atomic E-state index is 0.383. The number of rotatable bonds is 3. The van der Waals surface area contributed by atoms with Crippen molar-refractivity contribution >= 4 is 11.6 Å². The second-order valence-corrected chi connectivity index (χ2v) is 3.66. The van der Waals surface area contributed by atoms with Gasteiger partial charge in [-0.2, -0.15) is 4.80 Å². The summed E-state index contributed by atoms with van der Waals surface area (Å²) in [6, 6.07) is 3.58. The highest BCUT2D eigenvalue weighted by Gasteiger charge is 2.11. The number of aliphatic hydroxyl groups excluding tert-OH is 1. The van der Waals surface area contributed by atoms with Crippen LogP contribution >= 0.6 is 11.6 Å². The molecule has 0 aliphatic heterocycles. The van der Waals surface area contributed by atoms with E-state index in [1.807, 2.05) is 6.07 Å². The lowest BCUT2D eigenvalue weighted by molar-refractivity contribution is 0.256. The Morgan fingerprint density at radius 3 is 3.00 bits per heavy atom. The lowest BCUT2D eigenvalue weighted by atomic mass is 10.2. The molecule has 1 atom stereocenters. The van der Waals surface area contributed by atoms with Gasteiger partial charge < -0.3 is 5.11 Å². The molecule has 0 aliphatic carbocycles. The van der Waals surface area contributed by atoms with Gasteiger partial charge in [-0.1, -0.05) is 17.7 Å². The van der Waals surface area contributed by atoms with E-state index in [9.17, 15) is 5.11 Å². The fourth-order valence-electron chi connectivity index (χ4n) is 1.34. The second kappa shape index (κ2) is 4.54. The number of hydrogen-bond donors (Lipinski definition) is 1. The van der Waals surface area contributed by atoms with E-state index in [0.717, 1.165) is 5.56 Å². The van der Waals surface area contributed by atoms with E-state index in [1.165, 1.54) is 4.80 Å². The zero-order valence-electron chi connectivity index (χ0n) is 8.58. The summed E-state index contributed by atoms with van der Waals surface area (Å²) in [6.07, 6.45) is 1.57. The predicted molar refractivity (Wildman–Crippen MR) is 56.7 cm³/mol. The molecule has 2 aromatic rings. The third kappa shape index (κ3) is 2.34. The molecule has 0 saturated carbocycles. The number of nitrogens with zero attached hydrogens (tertiary/aromatic N) is 5. The molecule has 0 aliphatic rings. The van der Waals surface area contributed by atoms with Crippen LogP contribution in [-0.4, -0.2) is 30.3 Å². The van der Waals surface area contributed by atoms with Gasteiger partial charge in [-0.05, 0) is 18.2 Å². The van der Waals surface area contributed by atoms with Crippen LogP contribution in [0.4, 0.5) is 0 Å². The van der Waals surface area contributed by atoms with Gasteiger partial charge in [-0.25, -0.2) is 0 Å². The van der Waals surface area contributed by atoms with Gasteiger partial charge in [0.25, 0.3) is 0 Å². The van der Waals surface area contributed by atoms with Crippen LogP contribution in [0.15, 0.2) is 18.3 Å². The van der Waals surface area contributed by atoms with Gasteiger partial charge in [0, 0.05) is 11.8 Å². The fraction of sp³-hybridized carbons (Fsp3) is 0.333. The quantitative estimate of drug-likeness (QED) is 0.796. The Morgan fingerprint density at radius 1 is 1.56 bits per heavy atom. The molecule has 0 fully saturated rings. The van der Waals surface area contributed by atoms with Crippen LogP contribution in [0, 0.1) is 6.92 Å². The maximum atomic E-state index is 9.32. The van der Waals surface area contributed by atoms with Crippen molar-refractivity contribution in [3.8, 4) is 0 Å². The van der Waals surface area contributed by atoms with E-state index >= 15 is 0 Å². The van der Waals surface area contributed by atoms with E-state index in [1.54, 1.807) is 19.2 Å². The third-order valence-corrected chi connectivity index (χ3v) is 2.22. The SMILES string of the molecule is Cc1nnn(Cc2cccnc2C(O)Cl)n1. The summed E-state index contributed by atoms with van der Waals surface area (Å²) in [5.41, 5.74) is 0.0577. The molecule has 84 valence electrons. The van der Waals surface area contributed by atoms with Crippen molar-refractivity contribution in [3.05, 3.63) is 35.4 Å². The van der Waals surface area contributed by atoms with Crippen molar-refractivity contribution in [1.82, 2.24) is 25.2 Å². The molecule has 2 aromatic heterocycles. The van der Waals surface area contributed by atoms with Gasteiger partial charge >= 0.3 is 0 Å². The first-order valence-electron chi connectivity index (χ1n) is 4.67. The lowest BCUT2D eigenvalue weighted by Crippen LogP contribution is -2.08. The van der Waals surface area contributed by atoms with Crippen LogP contribution in [0.25, 0.3) is 0 Å². The van der Waals surface area contributed by atoms with E-state index in [-0.39, 0.29) is 0 Å². The molecule has 0 aromatic carbocycles. The summed E-state index contributed by atoms with van der Waals surface area (Å²) in [7, 11) is 0. The van der Waals surface area contributed by atoms with Crippen LogP contribution in [0.5, 0.6) is 0 Å². The van der Waals surface area contributed by atoms with E-state index in [2.05, 4.69) is 20.4 Å². The monoisotopic (exact) mass is 239 g/mol. The average molecular weight is 240 g/mol. The van der Waals surface area contributed by atoms with Gasteiger partial charge in [-0.3, -0.25) is 4.98 Å². The van der Waals surface area contributed by atoms with Gasteiger partial charge in [0.1, 0.15) is 0 Å². The first-order valence-corrected chi connectivity index (χ1v) is 5.11. The number of tetrazole rings is 1. The number of aliphatic hydroxyl groups is 1. The number of pyridine rings is 1. The predicted octanol–water partition coefficient (Wildman–Crippen LogP) is 0.655. The molecule has 2 heterocycles. The fourth-order valence-corrected chi connectivity index (χ4v) is 1.54. The Morgan fingerprint density at radius 2 is 2.38 bits per heavy atom. The van der Waals surface area contributed by atoms with Gasteiger partial charge in [0.2, 0.25) is 0 Å². The summed E-state index contributed by atoms with van der Waals surface area (Å²) < 4.78 is 0. The van der Waals surface area contributed by atoms with Crippen molar-refractivity contribution in [2.45, 2.75) is 19.0 Å². The second-order valence-electron chi connectivity index (χ2n) is 3.25. The maximum Gasteiger partial charge on any atom is 0.171 e. The summed E-state index contributed by atoms with van der Waals surface area (Å²) in [5.74, 6) is 0.594. The molecule has 1 N–H and O–H groups in total. The van der Waals surface area contributed by atoms with Gasteiger partial charge in [-0.15, -0.1) is 10.2 Å². The molecule has 0 saturated heterocycles. The van der Waals surface area contributed by atoms with Crippen LogP contribution in [0.3, 0.4) is 0 Å². The Kier molecular flexibility index (Phi) is 3.12. The topological polar surface area (TPSA) is 76.7 Å². The molecule has 0 spiro atoms. The number of hydrogen-bond acceptors (Lipinski definition) is 5. The molecule has 0 amide bonds. The summed E-state index contributed by atoms with van der Waals surface area (Å²) in [4.78, 5) is 5.44. The maximum absolute atomic E-state index is 9.32. The Balaban J connectivity index is 2.27. The molecule has 6 nitrogen and oxygen atoms in total. The smallest absolute Gasteiger partial charge is 0.171 e. The normalized spacial score (nSPS) is 12.7. The van der Waals surface area contributed by atoms with E-state index < -0.39 is 5.56 Å². The third-order valence-electron chi connectivity index (χ3n) is 2.02. The van der Waals surface area contributed by atoms with Crippen molar-refractivity contribution in [2.75, 3.05) is 0 Å². The molecule has 1 unspecified atom stereocenters. The Hall–Kier alpha value is -1.53. The summed E-state index contributed by atoms with van der Waals surface area (Å²) in [5, 5.41) is 21.0. The number of aryl methyl sites for hydroxylation is 1. The van der Waals surface area contributed by atoms with Crippen LogP contribution in [0.1, 0.15) is 22.6 Å². The van der Waals surface area contributed by atoms with Crippen molar-refractivity contribution in [3.63, 3.8) is 0 Å². The number of aromatic nitrogens is 5. The van der Waals surface area contributed by atoms with Gasteiger partial charge in [0.05, 0.1) is 12.2 Å². The highest BCUT2D eigenvalue weighted by Crippen LogP contribution is 2.18.